The molecule has 0 amide bonds. The molecule has 0 saturated carbocycles. The van der Waals surface area contributed by atoms with Crippen LogP contribution in [-0.4, -0.2) is 18.1 Å². The number of carbonyl (C=O) groups excluding carboxylic acids is 1. The Balaban J connectivity index is 1.94. The number of ether oxygens (including phenoxy) is 1. The SMILES string of the molecule is COC(=O)c1ccc(N)c(Nc2nc3ccccc3s2)c1. The second-order valence-corrected chi connectivity index (χ2v) is 5.44. The fourth-order valence-electron chi connectivity index (χ4n) is 1.95. The van der Waals surface area contributed by atoms with Crippen LogP contribution in [-0.2, 0) is 4.74 Å². The molecule has 0 saturated heterocycles. The van der Waals surface area contributed by atoms with E-state index in [2.05, 4.69) is 10.3 Å². The van der Waals surface area contributed by atoms with E-state index in [1.54, 1.807) is 18.2 Å². The molecule has 0 aliphatic carbocycles. The molecule has 3 rings (SSSR count). The molecule has 0 unspecified atom stereocenters. The molecule has 2 aromatic carbocycles. The normalized spacial score (nSPS) is 10.5. The van der Waals surface area contributed by atoms with E-state index < -0.39 is 5.97 Å². The lowest BCUT2D eigenvalue weighted by molar-refractivity contribution is 0.0601. The highest BCUT2D eigenvalue weighted by molar-refractivity contribution is 7.22. The van der Waals surface area contributed by atoms with Crippen LogP contribution in [0.5, 0.6) is 0 Å². The Kier molecular flexibility index (Phi) is 3.45. The highest BCUT2D eigenvalue weighted by atomic mass is 32.1. The van der Waals surface area contributed by atoms with E-state index >= 15 is 0 Å². The summed E-state index contributed by atoms with van der Waals surface area (Å²) in [6, 6.07) is 12.8. The minimum Gasteiger partial charge on any atom is -0.465 e. The number of nitrogen functional groups attached to an aromatic ring is 1. The summed E-state index contributed by atoms with van der Waals surface area (Å²) in [7, 11) is 1.35. The highest BCUT2D eigenvalue weighted by Gasteiger charge is 2.10. The molecule has 21 heavy (non-hydrogen) atoms. The minimum atomic E-state index is -0.401. The Morgan fingerprint density at radius 3 is 2.86 bits per heavy atom. The van der Waals surface area contributed by atoms with Crippen LogP contribution < -0.4 is 11.1 Å². The number of nitrogens with one attached hydrogen (secondary N) is 1. The molecule has 0 radical (unpaired) electrons. The standard InChI is InChI=1S/C15H13N3O2S/c1-20-14(19)9-6-7-10(16)12(8-9)18-15-17-11-4-2-3-5-13(11)21-15/h2-8H,16H2,1H3,(H,17,18). The lowest BCUT2D eigenvalue weighted by atomic mass is 10.2. The van der Waals surface area contributed by atoms with Crippen molar-refractivity contribution < 1.29 is 9.53 Å². The van der Waals surface area contributed by atoms with Crippen molar-refractivity contribution in [3.63, 3.8) is 0 Å². The first-order valence-electron chi connectivity index (χ1n) is 6.28. The summed E-state index contributed by atoms with van der Waals surface area (Å²) in [5.41, 5.74) is 8.48. The largest absolute Gasteiger partial charge is 0.465 e. The zero-order chi connectivity index (χ0) is 14.8. The van der Waals surface area contributed by atoms with Gasteiger partial charge in [0.05, 0.1) is 34.3 Å². The predicted molar refractivity (Wildman–Crippen MR) is 85.1 cm³/mol. The number of fused-ring (bicyclic) bond motifs is 1. The van der Waals surface area contributed by atoms with Gasteiger partial charge in [-0.1, -0.05) is 23.5 Å². The molecule has 5 nitrogen and oxygen atoms in total. The van der Waals surface area contributed by atoms with Gasteiger partial charge in [-0.25, -0.2) is 9.78 Å². The number of rotatable bonds is 3. The van der Waals surface area contributed by atoms with Gasteiger partial charge in [0.25, 0.3) is 0 Å². The van der Waals surface area contributed by atoms with Crippen LogP contribution in [0.2, 0.25) is 0 Å². The Hall–Kier alpha value is -2.60. The van der Waals surface area contributed by atoms with Gasteiger partial charge in [-0.3, -0.25) is 0 Å². The summed E-state index contributed by atoms with van der Waals surface area (Å²) in [5.74, 6) is -0.401. The molecule has 6 heteroatoms. The van der Waals surface area contributed by atoms with E-state index in [9.17, 15) is 4.79 Å². The molecule has 106 valence electrons. The number of aromatic nitrogens is 1. The number of nitrogens with two attached hydrogens (primary N) is 1. The van der Waals surface area contributed by atoms with Gasteiger partial charge in [0.1, 0.15) is 0 Å². The molecule has 0 spiro atoms. The maximum absolute atomic E-state index is 11.6. The quantitative estimate of drug-likeness (QED) is 0.572. The third kappa shape index (κ3) is 2.66. The Morgan fingerprint density at radius 2 is 2.10 bits per heavy atom. The van der Waals surface area contributed by atoms with E-state index in [-0.39, 0.29) is 0 Å². The van der Waals surface area contributed by atoms with Crippen molar-refractivity contribution in [2.75, 3.05) is 18.2 Å². The Bertz CT molecular complexity index is 781. The maximum Gasteiger partial charge on any atom is 0.337 e. The molecular weight excluding hydrogens is 286 g/mol. The van der Waals surface area contributed by atoms with Crippen LogP contribution in [0.3, 0.4) is 0 Å². The number of para-hydroxylation sites is 1. The van der Waals surface area contributed by atoms with Crippen LogP contribution >= 0.6 is 11.3 Å². The minimum absolute atomic E-state index is 0.401. The second-order valence-electron chi connectivity index (χ2n) is 4.41. The molecule has 0 atom stereocenters. The van der Waals surface area contributed by atoms with Crippen molar-refractivity contribution in [3.8, 4) is 0 Å². The van der Waals surface area contributed by atoms with E-state index in [4.69, 9.17) is 10.5 Å². The van der Waals surface area contributed by atoms with E-state index in [1.807, 2.05) is 24.3 Å². The molecular formula is C15H13N3O2S. The molecule has 1 aromatic heterocycles. The van der Waals surface area contributed by atoms with Crippen molar-refractivity contribution in [2.45, 2.75) is 0 Å². The average molecular weight is 299 g/mol. The van der Waals surface area contributed by atoms with Gasteiger partial charge in [0.15, 0.2) is 5.13 Å². The number of anilines is 3. The summed E-state index contributed by atoms with van der Waals surface area (Å²) in [6.07, 6.45) is 0. The number of esters is 1. The van der Waals surface area contributed by atoms with Gasteiger partial charge >= 0.3 is 5.97 Å². The van der Waals surface area contributed by atoms with E-state index in [0.717, 1.165) is 15.3 Å². The number of carbonyl (C=O) groups is 1. The monoisotopic (exact) mass is 299 g/mol. The summed E-state index contributed by atoms with van der Waals surface area (Å²) in [6.45, 7) is 0. The first-order valence-corrected chi connectivity index (χ1v) is 7.09. The molecule has 3 N–H and O–H groups in total. The van der Waals surface area contributed by atoms with Gasteiger partial charge in [0, 0.05) is 0 Å². The van der Waals surface area contributed by atoms with Crippen molar-refractivity contribution in [2.24, 2.45) is 0 Å². The fraction of sp³-hybridized carbons (Fsp3) is 0.0667. The predicted octanol–water partition coefficient (Wildman–Crippen LogP) is 3.41. The van der Waals surface area contributed by atoms with Crippen molar-refractivity contribution in [1.82, 2.24) is 4.98 Å². The first-order chi connectivity index (χ1) is 10.2. The van der Waals surface area contributed by atoms with Gasteiger partial charge in [0.2, 0.25) is 0 Å². The van der Waals surface area contributed by atoms with Crippen LogP contribution in [0.25, 0.3) is 10.2 Å². The third-order valence-corrected chi connectivity index (χ3v) is 3.96. The summed E-state index contributed by atoms with van der Waals surface area (Å²) < 4.78 is 5.79. The molecule has 1 heterocycles. The lowest BCUT2D eigenvalue weighted by Gasteiger charge is -2.08. The first kappa shape index (κ1) is 13.4. The average Bonchev–Trinajstić information content (AvgIpc) is 2.91. The number of hydrogen-bond donors (Lipinski definition) is 2. The van der Waals surface area contributed by atoms with Crippen molar-refractivity contribution in [3.05, 3.63) is 48.0 Å². The molecule has 3 aromatic rings. The van der Waals surface area contributed by atoms with Crippen LogP contribution in [0.4, 0.5) is 16.5 Å². The van der Waals surface area contributed by atoms with Crippen LogP contribution in [0.15, 0.2) is 42.5 Å². The van der Waals surface area contributed by atoms with Crippen LogP contribution in [0, 0.1) is 0 Å². The zero-order valence-electron chi connectivity index (χ0n) is 11.3. The number of benzene rings is 2. The van der Waals surface area contributed by atoms with E-state index in [1.165, 1.54) is 18.4 Å². The van der Waals surface area contributed by atoms with E-state index in [0.29, 0.717) is 16.9 Å². The molecule has 0 aliphatic rings. The lowest BCUT2D eigenvalue weighted by Crippen LogP contribution is -2.03. The fourth-order valence-corrected chi connectivity index (χ4v) is 2.83. The second kappa shape index (κ2) is 5.41. The van der Waals surface area contributed by atoms with Gasteiger partial charge in [-0.05, 0) is 30.3 Å². The molecule has 0 aliphatic heterocycles. The smallest absolute Gasteiger partial charge is 0.337 e. The van der Waals surface area contributed by atoms with Crippen LogP contribution in [0.1, 0.15) is 10.4 Å². The van der Waals surface area contributed by atoms with Gasteiger partial charge < -0.3 is 15.8 Å². The summed E-state index contributed by atoms with van der Waals surface area (Å²) >= 11 is 1.53. The topological polar surface area (TPSA) is 77.2 Å². The third-order valence-electron chi connectivity index (χ3n) is 3.01. The number of nitrogens with zero attached hydrogens (tertiary/aromatic N) is 1. The van der Waals surface area contributed by atoms with Crippen molar-refractivity contribution >= 4 is 44.0 Å². The van der Waals surface area contributed by atoms with Gasteiger partial charge in [-0.2, -0.15) is 0 Å². The number of methoxy groups -OCH3 is 1. The van der Waals surface area contributed by atoms with Crippen molar-refractivity contribution in [1.29, 1.82) is 0 Å². The molecule has 0 fully saturated rings. The summed E-state index contributed by atoms with van der Waals surface area (Å²) in [4.78, 5) is 16.0. The van der Waals surface area contributed by atoms with Gasteiger partial charge in [-0.15, -0.1) is 0 Å². The number of hydrogen-bond acceptors (Lipinski definition) is 6. The summed E-state index contributed by atoms with van der Waals surface area (Å²) in [5, 5.41) is 3.88. The Labute approximate surface area is 125 Å². The highest BCUT2D eigenvalue weighted by Crippen LogP contribution is 2.30. The maximum atomic E-state index is 11.6. The Morgan fingerprint density at radius 1 is 1.29 bits per heavy atom. The molecule has 0 bridgehead atoms. The zero-order valence-corrected chi connectivity index (χ0v) is 12.1. The number of thiazole rings is 1.